The summed E-state index contributed by atoms with van der Waals surface area (Å²) in [5.41, 5.74) is -0.355. The first kappa shape index (κ1) is 13.4. The van der Waals surface area contributed by atoms with Crippen molar-refractivity contribution in [1.82, 2.24) is 5.32 Å². The van der Waals surface area contributed by atoms with Crippen molar-refractivity contribution in [2.24, 2.45) is 0 Å². The number of esters is 1. The largest absolute Gasteiger partial charge is 0.466 e. The molecule has 84 valence electrons. The van der Waals surface area contributed by atoms with Crippen molar-refractivity contribution in [3.05, 3.63) is 0 Å². The fraction of sp³-hybridized carbons (Fsp3) is 0.900. The number of hydrogen-bond acceptors (Lipinski definition) is 4. The van der Waals surface area contributed by atoms with E-state index in [1.807, 2.05) is 20.8 Å². The Balaban J connectivity index is 3.86. The van der Waals surface area contributed by atoms with Gasteiger partial charge in [0.2, 0.25) is 0 Å². The van der Waals surface area contributed by atoms with E-state index in [1.165, 1.54) is 0 Å². The number of ether oxygens (including phenoxy) is 1. The van der Waals surface area contributed by atoms with Crippen molar-refractivity contribution in [2.45, 2.75) is 45.7 Å². The summed E-state index contributed by atoms with van der Waals surface area (Å²) < 4.78 is 4.82. The zero-order chi connectivity index (χ0) is 11.2. The first-order valence-electron chi connectivity index (χ1n) is 4.95. The molecule has 0 saturated heterocycles. The summed E-state index contributed by atoms with van der Waals surface area (Å²) >= 11 is 0. The molecule has 0 bridgehead atoms. The van der Waals surface area contributed by atoms with Crippen molar-refractivity contribution >= 4 is 5.97 Å². The van der Waals surface area contributed by atoms with E-state index in [-0.39, 0.29) is 24.2 Å². The molecular weight excluding hydrogens is 182 g/mol. The van der Waals surface area contributed by atoms with Crippen molar-refractivity contribution in [2.75, 3.05) is 13.2 Å². The summed E-state index contributed by atoms with van der Waals surface area (Å²) in [5, 5.41) is 12.1. The number of aliphatic hydroxyl groups excluding tert-OH is 1. The van der Waals surface area contributed by atoms with Gasteiger partial charge in [-0.1, -0.05) is 0 Å². The average molecular weight is 203 g/mol. The number of hydrogen-bond donors (Lipinski definition) is 2. The Hall–Kier alpha value is -0.610. The van der Waals surface area contributed by atoms with Crippen molar-refractivity contribution in [3.63, 3.8) is 0 Å². The number of aliphatic hydroxyl groups is 1. The summed E-state index contributed by atoms with van der Waals surface area (Å²) in [5.74, 6) is -0.207. The van der Waals surface area contributed by atoms with Crippen LogP contribution in [0.15, 0.2) is 0 Å². The summed E-state index contributed by atoms with van der Waals surface area (Å²) in [7, 11) is 0. The number of carbonyl (C=O) groups excluding carboxylic acids is 1. The highest BCUT2D eigenvalue weighted by Crippen LogP contribution is 2.04. The van der Waals surface area contributed by atoms with Crippen LogP contribution in [0.5, 0.6) is 0 Å². The van der Waals surface area contributed by atoms with Gasteiger partial charge in [-0.3, -0.25) is 4.79 Å². The van der Waals surface area contributed by atoms with E-state index in [4.69, 9.17) is 9.84 Å². The molecule has 14 heavy (non-hydrogen) atoms. The molecule has 0 aliphatic rings. The van der Waals surface area contributed by atoms with E-state index in [0.29, 0.717) is 13.0 Å². The third-order valence-electron chi connectivity index (χ3n) is 1.81. The topological polar surface area (TPSA) is 58.6 Å². The Morgan fingerprint density at radius 3 is 2.57 bits per heavy atom. The molecule has 0 aliphatic carbocycles. The first-order valence-corrected chi connectivity index (χ1v) is 4.95. The molecule has 0 aliphatic heterocycles. The molecule has 4 nitrogen and oxygen atoms in total. The molecule has 1 atom stereocenters. The van der Waals surface area contributed by atoms with Gasteiger partial charge in [-0.15, -0.1) is 0 Å². The Kier molecular flexibility index (Phi) is 5.72. The second-order valence-electron chi connectivity index (χ2n) is 4.10. The van der Waals surface area contributed by atoms with Crippen LogP contribution >= 0.6 is 0 Å². The Morgan fingerprint density at radius 2 is 2.14 bits per heavy atom. The maximum Gasteiger partial charge on any atom is 0.307 e. The predicted molar refractivity (Wildman–Crippen MR) is 55.0 cm³/mol. The lowest BCUT2D eigenvalue weighted by molar-refractivity contribution is -0.143. The lowest BCUT2D eigenvalue weighted by Crippen LogP contribution is -2.48. The zero-order valence-electron chi connectivity index (χ0n) is 9.46. The number of nitrogens with one attached hydrogen (secondary N) is 1. The number of rotatable bonds is 6. The molecule has 0 saturated carbocycles. The van der Waals surface area contributed by atoms with E-state index < -0.39 is 0 Å². The molecule has 0 spiro atoms. The minimum atomic E-state index is -0.355. The van der Waals surface area contributed by atoms with E-state index in [1.54, 1.807) is 6.92 Å². The first-order chi connectivity index (χ1) is 6.41. The third-order valence-corrected chi connectivity index (χ3v) is 1.81. The SMILES string of the molecule is CCOC(=O)CC(C)NC(C)(C)CO. The van der Waals surface area contributed by atoms with Gasteiger partial charge < -0.3 is 15.2 Å². The Labute approximate surface area is 85.6 Å². The highest BCUT2D eigenvalue weighted by atomic mass is 16.5. The lowest BCUT2D eigenvalue weighted by Gasteiger charge is -2.27. The normalized spacial score (nSPS) is 13.8. The molecule has 1 unspecified atom stereocenters. The average Bonchev–Trinajstić information content (AvgIpc) is 2.03. The molecule has 0 heterocycles. The monoisotopic (exact) mass is 203 g/mol. The van der Waals surface area contributed by atoms with Crippen LogP contribution in [-0.2, 0) is 9.53 Å². The summed E-state index contributed by atoms with van der Waals surface area (Å²) in [6.07, 6.45) is 0.331. The van der Waals surface area contributed by atoms with Gasteiger partial charge in [-0.05, 0) is 27.7 Å². The van der Waals surface area contributed by atoms with E-state index >= 15 is 0 Å². The summed E-state index contributed by atoms with van der Waals surface area (Å²) in [6.45, 7) is 7.90. The molecule has 0 radical (unpaired) electrons. The van der Waals surface area contributed by atoms with Gasteiger partial charge in [0.15, 0.2) is 0 Å². The molecule has 0 amide bonds. The van der Waals surface area contributed by atoms with Crippen LogP contribution < -0.4 is 5.32 Å². The molecule has 0 fully saturated rings. The second-order valence-corrected chi connectivity index (χ2v) is 4.10. The Morgan fingerprint density at radius 1 is 1.57 bits per heavy atom. The fourth-order valence-corrected chi connectivity index (χ4v) is 1.23. The maximum atomic E-state index is 11.1. The van der Waals surface area contributed by atoms with Gasteiger partial charge >= 0.3 is 5.97 Å². The summed E-state index contributed by atoms with van der Waals surface area (Å²) in [4.78, 5) is 11.1. The minimum absolute atomic E-state index is 0.0104. The van der Waals surface area contributed by atoms with Crippen molar-refractivity contribution < 1.29 is 14.6 Å². The molecule has 0 rings (SSSR count). The van der Waals surface area contributed by atoms with Crippen LogP contribution in [0.3, 0.4) is 0 Å². The van der Waals surface area contributed by atoms with Crippen LogP contribution in [0, 0.1) is 0 Å². The Bertz CT molecular complexity index is 180. The van der Waals surface area contributed by atoms with Crippen LogP contribution in [0.2, 0.25) is 0 Å². The summed E-state index contributed by atoms with van der Waals surface area (Å²) in [6, 6.07) is 0.0104. The second kappa shape index (κ2) is 5.98. The highest BCUT2D eigenvalue weighted by Gasteiger charge is 2.20. The van der Waals surface area contributed by atoms with E-state index in [0.717, 1.165) is 0 Å². The molecule has 4 heteroatoms. The van der Waals surface area contributed by atoms with E-state index in [9.17, 15) is 4.79 Å². The van der Waals surface area contributed by atoms with Crippen LogP contribution in [-0.4, -0.2) is 35.9 Å². The van der Waals surface area contributed by atoms with Crippen molar-refractivity contribution in [3.8, 4) is 0 Å². The van der Waals surface area contributed by atoms with Crippen LogP contribution in [0.25, 0.3) is 0 Å². The molecule has 0 aromatic rings. The molecular formula is C10H21NO3. The highest BCUT2D eigenvalue weighted by molar-refractivity contribution is 5.70. The third kappa shape index (κ3) is 5.94. The maximum absolute atomic E-state index is 11.1. The van der Waals surface area contributed by atoms with Crippen LogP contribution in [0.1, 0.15) is 34.1 Å². The van der Waals surface area contributed by atoms with Gasteiger partial charge in [0.25, 0.3) is 0 Å². The van der Waals surface area contributed by atoms with Gasteiger partial charge in [-0.2, -0.15) is 0 Å². The quantitative estimate of drug-likeness (QED) is 0.624. The minimum Gasteiger partial charge on any atom is -0.466 e. The van der Waals surface area contributed by atoms with Crippen LogP contribution in [0.4, 0.5) is 0 Å². The van der Waals surface area contributed by atoms with Crippen molar-refractivity contribution in [1.29, 1.82) is 0 Å². The van der Waals surface area contributed by atoms with Gasteiger partial charge in [0.05, 0.1) is 19.6 Å². The van der Waals surface area contributed by atoms with Gasteiger partial charge in [0, 0.05) is 11.6 Å². The van der Waals surface area contributed by atoms with Gasteiger partial charge in [-0.25, -0.2) is 0 Å². The van der Waals surface area contributed by atoms with E-state index in [2.05, 4.69) is 5.32 Å². The predicted octanol–water partition coefficient (Wildman–Crippen LogP) is 0.689. The molecule has 2 N–H and O–H groups in total. The molecule has 0 aromatic heterocycles. The fourth-order valence-electron chi connectivity index (χ4n) is 1.23. The standard InChI is InChI=1S/C10H21NO3/c1-5-14-9(13)6-8(2)11-10(3,4)7-12/h8,11-12H,5-7H2,1-4H3. The molecule has 0 aromatic carbocycles. The van der Waals surface area contributed by atoms with Gasteiger partial charge in [0.1, 0.15) is 0 Å². The zero-order valence-corrected chi connectivity index (χ0v) is 9.46. The smallest absolute Gasteiger partial charge is 0.307 e. The lowest BCUT2D eigenvalue weighted by atomic mass is 10.0. The number of carbonyl (C=O) groups is 1.